The Hall–Kier alpha value is -5.77. The minimum Gasteiger partial charge on any atom is -0.545 e. The number of unbranched alkanes of at least 4 members (excludes halogenated alkanes) is 8. The van der Waals surface area contributed by atoms with E-state index in [1.165, 1.54) is 188 Å². The predicted octanol–water partition coefficient (Wildman–Crippen LogP) is 6.37. The Balaban J connectivity index is 0. The van der Waals surface area contributed by atoms with Crippen LogP contribution < -0.4 is 21.1 Å². The number of carbonyl (C=O) groups excluding carboxylic acids is 2. The van der Waals surface area contributed by atoms with Crippen LogP contribution in [0.4, 0.5) is 11.4 Å². The smallest absolute Gasteiger partial charge is 0.488 e. The lowest BCUT2D eigenvalue weighted by Gasteiger charge is -2.39. The minimum atomic E-state index is -1.67. The number of nitrogens with zero attached hydrogens (tertiary/aromatic N) is 4. The van der Waals surface area contributed by atoms with Gasteiger partial charge in [0.25, 0.3) is 11.4 Å². The first-order chi connectivity index (χ1) is 35.9. The maximum absolute atomic E-state index is 10.5. The van der Waals surface area contributed by atoms with E-state index in [-0.39, 0.29) is 0 Å². The van der Waals surface area contributed by atoms with E-state index in [9.17, 15) is 49.6 Å². The normalized spacial score (nSPS) is 10.7. The quantitative estimate of drug-likeness (QED) is 0.0171. The molecule has 0 unspecified atom stereocenters. The number of non-ortho nitro benzene ring substituents is 2. The van der Waals surface area contributed by atoms with E-state index in [4.69, 9.17) is 30.3 Å². The summed E-state index contributed by atoms with van der Waals surface area (Å²) >= 11 is 0. The Bertz CT molecular complexity index is 1760. The van der Waals surface area contributed by atoms with Gasteiger partial charge in [0.2, 0.25) is 0 Å². The van der Waals surface area contributed by atoms with E-state index in [0.29, 0.717) is 10.9 Å². The lowest BCUT2D eigenvalue weighted by molar-refractivity contribution is -0.929. The van der Waals surface area contributed by atoms with Gasteiger partial charge < -0.3 is 59.1 Å². The van der Waals surface area contributed by atoms with Crippen molar-refractivity contribution in [1.82, 2.24) is 0 Å². The molecule has 3 aromatic rings. The first kappa shape index (κ1) is 72.3. The molecule has 0 aliphatic rings. The predicted molar refractivity (Wildman–Crippen MR) is 294 cm³/mol. The number of benzene rings is 3. The van der Waals surface area contributed by atoms with Gasteiger partial charge in [0.05, 0.1) is 85.3 Å². The van der Waals surface area contributed by atoms with E-state index < -0.39 is 81.6 Å². The van der Waals surface area contributed by atoms with E-state index in [0.717, 1.165) is 36.4 Å². The standard InChI is InChI=1S/2C16H36N.2C8H5NO6.C6H8B2O4/c2*1-5-9-13-17(14-10-6-2,15-11-7-3)16-12-8-4;2*10-7(11)4-1-5(8(12)13)3-6(2-4)9(14)15;9-7(10)5-1-2-6(4-3-5)8(11)12/h2*5-16H2,1-4H3;2*1-3H,(H,10,11)(H,12,13);1-4,9-12H/q2*+1;;;/p-2. The first-order valence-electron chi connectivity index (χ1n) is 26.9. The first-order valence-corrected chi connectivity index (χ1v) is 26.9. The Labute approximate surface area is 451 Å². The fraction of sp³-hybridized carbons (Fsp3) is 0.593. The molecule has 0 amide bonds. The average Bonchev–Trinajstić information content (AvgIpc) is 3.40. The Morgan fingerprint density at radius 3 is 0.750 bits per heavy atom. The Morgan fingerprint density at radius 1 is 0.408 bits per heavy atom. The van der Waals surface area contributed by atoms with Crippen LogP contribution in [0.25, 0.3) is 0 Å². The summed E-state index contributed by atoms with van der Waals surface area (Å²) in [6.45, 7) is 30.0. The van der Waals surface area contributed by atoms with Crippen LogP contribution in [0.3, 0.4) is 0 Å². The summed E-state index contributed by atoms with van der Waals surface area (Å²) < 4.78 is 2.84. The van der Waals surface area contributed by atoms with Crippen molar-refractivity contribution in [3.05, 3.63) is 103 Å². The van der Waals surface area contributed by atoms with Crippen molar-refractivity contribution in [1.29, 1.82) is 0 Å². The minimum absolute atomic E-state index is 0.319. The number of carboxylic acids is 4. The molecule has 0 aliphatic heterocycles. The third-order valence-corrected chi connectivity index (χ3v) is 12.6. The number of nitro groups is 2. The molecule has 20 nitrogen and oxygen atoms in total. The summed E-state index contributed by atoms with van der Waals surface area (Å²) in [5.74, 6) is -6.22. The molecule has 0 aliphatic carbocycles. The number of quaternary nitrogens is 2. The third-order valence-electron chi connectivity index (χ3n) is 12.6. The van der Waals surface area contributed by atoms with Crippen LogP contribution in [0.1, 0.15) is 200 Å². The highest BCUT2D eigenvalue weighted by molar-refractivity contribution is 6.60. The van der Waals surface area contributed by atoms with E-state index in [2.05, 4.69) is 55.4 Å². The molecule has 426 valence electrons. The number of aromatic carboxylic acids is 4. The fourth-order valence-electron chi connectivity index (χ4n) is 8.05. The lowest BCUT2D eigenvalue weighted by Crippen LogP contribution is -2.50. The molecule has 0 aromatic heterocycles. The summed E-state index contributed by atoms with van der Waals surface area (Å²) in [7, 11) is -3.04. The average molecular weight is 1070 g/mol. The van der Waals surface area contributed by atoms with E-state index >= 15 is 0 Å². The highest BCUT2D eigenvalue weighted by atomic mass is 16.6. The number of nitro benzene ring substituents is 2. The van der Waals surface area contributed by atoms with E-state index in [1.807, 2.05) is 0 Å². The number of carbonyl (C=O) groups is 4. The zero-order chi connectivity index (χ0) is 58.3. The largest absolute Gasteiger partial charge is 0.545 e. The highest BCUT2D eigenvalue weighted by Gasteiger charge is 2.26. The summed E-state index contributed by atoms with van der Waals surface area (Å²) in [4.78, 5) is 60.8. The SMILES string of the molecule is CCCC[N+](CCCC)(CCCC)CCCC.CCCC[N+](CCCC)(CCCC)CCCC.O=C([O-])c1cc(C(=O)O)cc([N+](=O)[O-])c1.O=C([O-])c1cc(C(=O)O)cc([N+](=O)[O-])c1.OB(O)c1ccc(B(O)O)cc1. The number of rotatable bonds is 32. The molecule has 76 heavy (non-hydrogen) atoms. The Kier molecular flexibility index (Phi) is 39.4. The second kappa shape index (κ2) is 41.4. The summed E-state index contributed by atoms with van der Waals surface area (Å²) in [6.07, 6.45) is 22.1. The van der Waals surface area contributed by atoms with Crippen LogP contribution in [-0.2, 0) is 0 Å². The topological polar surface area (TPSA) is 322 Å². The van der Waals surface area contributed by atoms with Gasteiger partial charge in [-0.1, -0.05) is 131 Å². The van der Waals surface area contributed by atoms with Crippen molar-refractivity contribution in [3.63, 3.8) is 0 Å². The second-order valence-electron chi connectivity index (χ2n) is 19.0. The van der Waals surface area contributed by atoms with Crippen LogP contribution in [0, 0.1) is 20.2 Å². The van der Waals surface area contributed by atoms with Gasteiger partial charge in [0.1, 0.15) is 0 Å². The van der Waals surface area contributed by atoms with Crippen LogP contribution in [0.5, 0.6) is 0 Å². The van der Waals surface area contributed by atoms with Crippen LogP contribution in [0.2, 0.25) is 0 Å². The van der Waals surface area contributed by atoms with Crippen molar-refractivity contribution in [2.75, 3.05) is 52.4 Å². The van der Waals surface area contributed by atoms with Gasteiger partial charge in [-0.15, -0.1) is 0 Å². The van der Waals surface area contributed by atoms with Crippen molar-refractivity contribution >= 4 is 60.4 Å². The molecule has 22 heteroatoms. The molecule has 0 bridgehead atoms. The molecular formula is C54H88B2N4O16. The lowest BCUT2D eigenvalue weighted by atomic mass is 9.75. The molecule has 0 fully saturated rings. The number of hydrogen-bond acceptors (Lipinski definition) is 14. The monoisotopic (exact) mass is 1070 g/mol. The molecule has 0 spiro atoms. The maximum atomic E-state index is 10.5. The van der Waals surface area contributed by atoms with Crippen LogP contribution >= 0.6 is 0 Å². The van der Waals surface area contributed by atoms with Crippen molar-refractivity contribution in [2.24, 2.45) is 0 Å². The summed E-state index contributed by atoms with van der Waals surface area (Å²) in [5, 5.41) is 93.4. The summed E-state index contributed by atoms with van der Waals surface area (Å²) in [6, 6.07) is 10.3. The zero-order valence-electron chi connectivity index (χ0n) is 46.5. The summed E-state index contributed by atoms with van der Waals surface area (Å²) in [5.41, 5.74) is -2.59. The molecule has 3 rings (SSSR count). The molecular weight excluding hydrogens is 982 g/mol. The molecule has 0 saturated heterocycles. The van der Waals surface area contributed by atoms with Crippen molar-refractivity contribution in [3.8, 4) is 0 Å². The maximum Gasteiger partial charge on any atom is 0.488 e. The van der Waals surface area contributed by atoms with Gasteiger partial charge in [0, 0.05) is 35.4 Å². The number of carboxylic acid groups (broad SMARTS) is 4. The molecule has 6 N–H and O–H groups in total. The van der Waals surface area contributed by atoms with Crippen molar-refractivity contribution < 1.29 is 78.5 Å². The second-order valence-corrected chi connectivity index (χ2v) is 19.0. The van der Waals surface area contributed by atoms with Crippen molar-refractivity contribution in [2.45, 2.75) is 158 Å². The zero-order valence-corrected chi connectivity index (χ0v) is 46.5. The third kappa shape index (κ3) is 30.7. The van der Waals surface area contributed by atoms with Gasteiger partial charge in [0.15, 0.2) is 0 Å². The number of hydrogen-bond donors (Lipinski definition) is 6. The highest BCUT2D eigenvalue weighted by Crippen LogP contribution is 2.20. The van der Waals surface area contributed by atoms with Gasteiger partial charge in [-0.3, -0.25) is 20.2 Å². The molecule has 3 aromatic carbocycles. The Morgan fingerprint density at radius 2 is 0.605 bits per heavy atom. The molecule has 0 heterocycles. The fourth-order valence-corrected chi connectivity index (χ4v) is 8.05. The van der Waals surface area contributed by atoms with Gasteiger partial charge in [-0.2, -0.15) is 0 Å². The molecule has 0 saturated carbocycles. The van der Waals surface area contributed by atoms with E-state index in [1.54, 1.807) is 0 Å². The van der Waals surface area contributed by atoms with Gasteiger partial charge in [-0.05, 0) is 74.4 Å². The van der Waals surface area contributed by atoms with Crippen LogP contribution in [-0.4, -0.2) is 140 Å². The van der Waals surface area contributed by atoms with Gasteiger partial charge in [-0.25, -0.2) is 9.59 Å². The molecule has 0 radical (unpaired) electrons. The van der Waals surface area contributed by atoms with Crippen LogP contribution in [0.15, 0.2) is 60.7 Å². The van der Waals surface area contributed by atoms with Gasteiger partial charge >= 0.3 is 26.2 Å². The molecule has 0 atom stereocenters.